The molecule has 0 heterocycles. The van der Waals surface area contributed by atoms with Gasteiger partial charge in [0.05, 0.1) is 6.10 Å². The molecule has 0 amide bonds. The number of Topliss-reactive ketones (excluding diaryl/α,β-unsaturated/α-hetero) is 1. The summed E-state index contributed by atoms with van der Waals surface area (Å²) in [5.74, 6) is 1.27. The Morgan fingerprint density at radius 2 is 1.94 bits per heavy atom. The molecule has 0 unspecified atom stereocenters. The number of ketones is 1. The van der Waals surface area contributed by atoms with Crippen LogP contribution in [-0.4, -0.2) is 25.0 Å². The van der Waals surface area contributed by atoms with Crippen molar-refractivity contribution < 1.29 is 9.22 Å². The summed E-state index contributed by atoms with van der Waals surface area (Å²) in [6.07, 6.45) is 1.95. The molecule has 0 bridgehead atoms. The van der Waals surface area contributed by atoms with Crippen LogP contribution in [-0.2, 0) is 9.22 Å². The molecule has 2 fully saturated rings. The van der Waals surface area contributed by atoms with Crippen molar-refractivity contribution in [1.82, 2.24) is 0 Å². The van der Waals surface area contributed by atoms with Crippen LogP contribution < -0.4 is 0 Å². The summed E-state index contributed by atoms with van der Waals surface area (Å²) in [6.45, 7) is 11.4. The second-order valence-corrected chi connectivity index (χ2v) is 12.9. The van der Waals surface area contributed by atoms with Gasteiger partial charge in [-0.15, -0.1) is 0 Å². The number of hydrogen-bond donors (Lipinski definition) is 0. The Hall–Kier alpha value is 0.327. The number of rotatable bonds is 2. The maximum absolute atomic E-state index is 11.5. The second-order valence-electron chi connectivity index (χ2n) is 7.04. The SMILES string of the molecule is CC(C)(C)[Si](C)(C)O[C@H]1C[C@H]2C(=O)C[C@H]2[C@@H]1Br. The number of alkyl halides is 1. The number of carbonyl (C=O) groups is 1. The molecule has 0 N–H and O–H groups in total. The molecule has 0 aliphatic heterocycles. The van der Waals surface area contributed by atoms with Crippen LogP contribution in [0.2, 0.25) is 18.1 Å². The fourth-order valence-electron chi connectivity index (χ4n) is 2.57. The van der Waals surface area contributed by atoms with Crippen molar-refractivity contribution in [3.05, 3.63) is 0 Å². The van der Waals surface area contributed by atoms with E-state index in [-0.39, 0.29) is 17.1 Å². The monoisotopic (exact) mass is 318 g/mol. The lowest BCUT2D eigenvalue weighted by molar-refractivity contribution is -0.132. The summed E-state index contributed by atoms with van der Waals surface area (Å²) < 4.78 is 6.44. The summed E-state index contributed by atoms with van der Waals surface area (Å²) in [6, 6.07) is 0. The maximum atomic E-state index is 11.5. The van der Waals surface area contributed by atoms with Gasteiger partial charge in [-0.3, -0.25) is 4.79 Å². The minimum absolute atomic E-state index is 0.241. The highest BCUT2D eigenvalue weighted by Crippen LogP contribution is 2.50. The molecule has 17 heavy (non-hydrogen) atoms. The molecule has 4 atom stereocenters. The average molecular weight is 319 g/mol. The van der Waals surface area contributed by atoms with Crippen molar-refractivity contribution in [1.29, 1.82) is 0 Å². The first kappa shape index (κ1) is 13.8. The van der Waals surface area contributed by atoms with E-state index in [0.717, 1.165) is 12.8 Å². The molecular weight excluding hydrogens is 296 g/mol. The molecule has 4 heteroatoms. The van der Waals surface area contributed by atoms with Crippen molar-refractivity contribution in [2.75, 3.05) is 0 Å². The van der Waals surface area contributed by atoms with E-state index in [1.165, 1.54) is 0 Å². The Labute approximate surface area is 114 Å². The van der Waals surface area contributed by atoms with Crippen LogP contribution in [0.25, 0.3) is 0 Å². The topological polar surface area (TPSA) is 26.3 Å². The predicted octanol–water partition coefficient (Wildman–Crippen LogP) is 3.75. The molecule has 0 saturated heterocycles. The molecule has 2 aliphatic carbocycles. The molecule has 2 aliphatic rings. The average Bonchev–Trinajstić information content (AvgIpc) is 2.39. The van der Waals surface area contributed by atoms with Gasteiger partial charge in [-0.25, -0.2) is 0 Å². The minimum Gasteiger partial charge on any atom is -0.413 e. The second kappa shape index (κ2) is 4.17. The first-order chi connectivity index (χ1) is 7.63. The molecule has 0 aromatic heterocycles. The van der Waals surface area contributed by atoms with E-state index in [1.54, 1.807) is 0 Å². The van der Waals surface area contributed by atoms with Gasteiger partial charge in [0.1, 0.15) is 5.78 Å². The van der Waals surface area contributed by atoms with Crippen molar-refractivity contribution in [2.24, 2.45) is 11.8 Å². The summed E-state index contributed by atoms with van der Waals surface area (Å²) in [5.41, 5.74) is 0. The Balaban J connectivity index is 2.03. The van der Waals surface area contributed by atoms with E-state index in [9.17, 15) is 4.79 Å². The van der Waals surface area contributed by atoms with Crippen LogP contribution in [0, 0.1) is 11.8 Å². The quantitative estimate of drug-likeness (QED) is 0.572. The summed E-state index contributed by atoms with van der Waals surface area (Å²) in [5, 5.41) is 0.241. The summed E-state index contributed by atoms with van der Waals surface area (Å²) in [7, 11) is -1.71. The molecule has 2 saturated carbocycles. The lowest BCUT2D eigenvalue weighted by atomic mass is 9.75. The van der Waals surface area contributed by atoms with E-state index in [2.05, 4.69) is 49.8 Å². The van der Waals surface area contributed by atoms with Gasteiger partial charge in [-0.1, -0.05) is 36.7 Å². The van der Waals surface area contributed by atoms with Crippen molar-refractivity contribution in [3.63, 3.8) is 0 Å². The normalized spacial score (nSPS) is 37.9. The smallest absolute Gasteiger partial charge is 0.192 e. The summed E-state index contributed by atoms with van der Waals surface area (Å²) in [4.78, 5) is 11.9. The highest BCUT2D eigenvalue weighted by molar-refractivity contribution is 9.09. The maximum Gasteiger partial charge on any atom is 0.192 e. The first-order valence-electron chi connectivity index (χ1n) is 6.48. The number of halogens is 1. The Bertz CT molecular complexity index is 335. The standard InChI is InChI=1S/C13H23BrO2Si/c1-13(2,3)17(4,5)16-11-7-8-9(12(11)14)6-10(8)15/h8-9,11-12H,6-7H2,1-5H3/t8-,9-,11+,12+/m1/s1. The molecular formula is C13H23BrO2Si. The fourth-order valence-corrected chi connectivity index (χ4v) is 5.00. The number of carbonyl (C=O) groups excluding carboxylic acids is 1. The third-order valence-electron chi connectivity index (χ3n) is 4.87. The molecule has 0 radical (unpaired) electrons. The van der Waals surface area contributed by atoms with Crippen LogP contribution in [0.15, 0.2) is 0 Å². The van der Waals surface area contributed by atoms with Crippen LogP contribution in [0.1, 0.15) is 33.6 Å². The van der Waals surface area contributed by atoms with Gasteiger partial charge in [0, 0.05) is 17.2 Å². The van der Waals surface area contributed by atoms with Gasteiger partial charge in [-0.2, -0.15) is 0 Å². The first-order valence-corrected chi connectivity index (χ1v) is 10.3. The zero-order valence-corrected chi connectivity index (χ0v) is 14.0. The summed E-state index contributed by atoms with van der Waals surface area (Å²) >= 11 is 3.75. The van der Waals surface area contributed by atoms with E-state index in [4.69, 9.17) is 4.43 Å². The Morgan fingerprint density at radius 1 is 1.35 bits per heavy atom. The Kier molecular flexibility index (Phi) is 3.37. The Morgan fingerprint density at radius 3 is 2.35 bits per heavy atom. The van der Waals surface area contributed by atoms with Crippen LogP contribution >= 0.6 is 15.9 Å². The molecule has 0 spiro atoms. The van der Waals surface area contributed by atoms with E-state index in [0.29, 0.717) is 16.5 Å². The third-order valence-corrected chi connectivity index (χ3v) is 10.6. The third kappa shape index (κ3) is 2.28. The number of hydrogen-bond acceptors (Lipinski definition) is 2. The van der Waals surface area contributed by atoms with Gasteiger partial charge < -0.3 is 4.43 Å². The minimum atomic E-state index is -1.71. The van der Waals surface area contributed by atoms with Gasteiger partial charge in [-0.05, 0) is 30.5 Å². The van der Waals surface area contributed by atoms with Gasteiger partial charge in [0.2, 0.25) is 0 Å². The zero-order chi connectivity index (χ0) is 13.0. The van der Waals surface area contributed by atoms with Crippen molar-refractivity contribution >= 4 is 30.0 Å². The van der Waals surface area contributed by atoms with E-state index >= 15 is 0 Å². The van der Waals surface area contributed by atoms with Crippen molar-refractivity contribution in [3.8, 4) is 0 Å². The largest absolute Gasteiger partial charge is 0.413 e. The zero-order valence-electron chi connectivity index (χ0n) is 11.4. The molecule has 0 aromatic carbocycles. The van der Waals surface area contributed by atoms with Crippen LogP contribution in [0.4, 0.5) is 0 Å². The number of fused-ring (bicyclic) bond motifs is 1. The molecule has 98 valence electrons. The van der Waals surface area contributed by atoms with Crippen molar-refractivity contribution in [2.45, 2.75) is 62.7 Å². The van der Waals surface area contributed by atoms with Crippen LogP contribution in [0.3, 0.4) is 0 Å². The molecule has 2 nitrogen and oxygen atoms in total. The van der Waals surface area contributed by atoms with Gasteiger partial charge >= 0.3 is 0 Å². The molecule has 2 rings (SSSR count). The highest BCUT2D eigenvalue weighted by Gasteiger charge is 2.54. The van der Waals surface area contributed by atoms with E-state index < -0.39 is 8.32 Å². The fraction of sp³-hybridized carbons (Fsp3) is 0.923. The lowest BCUT2D eigenvalue weighted by Crippen LogP contribution is -2.45. The van der Waals surface area contributed by atoms with Gasteiger partial charge in [0.25, 0.3) is 0 Å². The highest BCUT2D eigenvalue weighted by atomic mass is 79.9. The predicted molar refractivity (Wildman–Crippen MR) is 76.0 cm³/mol. The van der Waals surface area contributed by atoms with E-state index in [1.807, 2.05) is 0 Å². The van der Waals surface area contributed by atoms with Crippen LogP contribution in [0.5, 0.6) is 0 Å². The molecule has 0 aromatic rings. The van der Waals surface area contributed by atoms with Gasteiger partial charge in [0.15, 0.2) is 8.32 Å². The lowest BCUT2D eigenvalue weighted by Gasteiger charge is -2.39.